The van der Waals surface area contributed by atoms with Crippen molar-refractivity contribution in [1.29, 1.82) is 0 Å². The molecular formula is C9H11N5O5S2. The van der Waals surface area contributed by atoms with Crippen molar-refractivity contribution in [2.24, 2.45) is 5.84 Å². The van der Waals surface area contributed by atoms with Crippen LogP contribution in [0.2, 0.25) is 0 Å². The quantitative estimate of drug-likeness (QED) is 0.421. The van der Waals surface area contributed by atoms with E-state index in [0.29, 0.717) is 22.6 Å². The highest BCUT2D eigenvalue weighted by Crippen LogP contribution is 2.37. The van der Waals surface area contributed by atoms with E-state index in [1.807, 2.05) is 0 Å². The van der Waals surface area contributed by atoms with Gasteiger partial charge in [0, 0.05) is 11.6 Å². The van der Waals surface area contributed by atoms with Crippen LogP contribution < -0.4 is 16.0 Å². The smallest absolute Gasteiger partial charge is 0.306 e. The summed E-state index contributed by atoms with van der Waals surface area (Å²) in [6.45, 7) is 3.29. The third-order valence-corrected chi connectivity index (χ3v) is 5.53. The molecule has 2 rings (SSSR count). The van der Waals surface area contributed by atoms with E-state index >= 15 is 0 Å². The van der Waals surface area contributed by atoms with Crippen LogP contribution in [-0.4, -0.2) is 18.5 Å². The summed E-state index contributed by atoms with van der Waals surface area (Å²) in [7, 11) is -4.03. The van der Waals surface area contributed by atoms with Crippen LogP contribution in [0.5, 0.6) is 0 Å². The van der Waals surface area contributed by atoms with Gasteiger partial charge in [-0.2, -0.15) is 0 Å². The molecule has 0 aliphatic carbocycles. The molecule has 21 heavy (non-hydrogen) atoms. The molecule has 0 atom stereocenters. The Balaban J connectivity index is 2.40. The predicted molar refractivity (Wildman–Crippen MR) is 75.6 cm³/mol. The lowest BCUT2D eigenvalue weighted by molar-refractivity contribution is -0.383. The fourth-order valence-corrected chi connectivity index (χ4v) is 3.70. The molecule has 0 fully saturated rings. The first-order valence-electron chi connectivity index (χ1n) is 5.46. The van der Waals surface area contributed by atoms with Crippen molar-refractivity contribution < 1.29 is 17.9 Å². The van der Waals surface area contributed by atoms with Gasteiger partial charge in [0.25, 0.3) is 10.0 Å². The Labute approximate surface area is 123 Å². The minimum atomic E-state index is -4.03. The highest BCUT2D eigenvalue weighted by molar-refractivity contribution is 7.94. The van der Waals surface area contributed by atoms with Gasteiger partial charge in [-0.15, -0.1) is 0 Å². The predicted octanol–water partition coefficient (Wildman–Crippen LogP) is 1.35. The van der Waals surface area contributed by atoms with Crippen molar-refractivity contribution >= 4 is 37.9 Å². The van der Waals surface area contributed by atoms with Crippen LogP contribution >= 0.6 is 11.3 Å². The summed E-state index contributed by atoms with van der Waals surface area (Å²) in [6.07, 6.45) is 0. The minimum absolute atomic E-state index is 0.0363. The lowest BCUT2D eigenvalue weighted by atomic mass is 10.3. The molecule has 12 heteroatoms. The maximum atomic E-state index is 12.2. The second-order valence-corrected chi connectivity index (χ2v) is 6.97. The Morgan fingerprint density at radius 2 is 2.14 bits per heavy atom. The third kappa shape index (κ3) is 2.81. The van der Waals surface area contributed by atoms with Crippen LogP contribution in [0.1, 0.15) is 11.3 Å². The van der Waals surface area contributed by atoms with Gasteiger partial charge in [0.15, 0.2) is 5.00 Å². The molecule has 0 unspecified atom stereocenters. The molecule has 0 amide bonds. The van der Waals surface area contributed by atoms with Crippen LogP contribution in [0.15, 0.2) is 14.8 Å². The van der Waals surface area contributed by atoms with Crippen LogP contribution in [0.4, 0.5) is 16.6 Å². The number of thiophene rings is 1. The van der Waals surface area contributed by atoms with E-state index in [0.717, 1.165) is 6.07 Å². The molecule has 2 heterocycles. The number of nitrogens with zero attached hydrogens (tertiary/aromatic N) is 2. The van der Waals surface area contributed by atoms with Crippen molar-refractivity contribution in [2.75, 3.05) is 10.1 Å². The number of aryl methyl sites for hydroxylation is 1. The molecular weight excluding hydrogens is 322 g/mol. The number of rotatable bonds is 5. The Bertz CT molecular complexity index is 794. The molecule has 4 N–H and O–H groups in total. The molecule has 10 nitrogen and oxygen atoms in total. The van der Waals surface area contributed by atoms with E-state index in [1.165, 1.54) is 0 Å². The summed E-state index contributed by atoms with van der Waals surface area (Å²) in [5.41, 5.74) is 2.74. The fraction of sp³-hybridized carbons (Fsp3) is 0.222. The van der Waals surface area contributed by atoms with E-state index < -0.39 is 20.6 Å². The number of nitrogens with two attached hydrogens (primary N) is 1. The standard InChI is InChI=1S/C9H11N5O5S2/c1-4-5(2)12-19-8(4)13-21(17,18)7-3-6(14(15)16)9(11-10)20-7/h3,11,13H,10H2,1-2H3. The van der Waals surface area contributed by atoms with Crippen molar-refractivity contribution in [3.63, 3.8) is 0 Å². The van der Waals surface area contributed by atoms with Crippen LogP contribution in [-0.2, 0) is 10.0 Å². The van der Waals surface area contributed by atoms with Crippen molar-refractivity contribution in [3.8, 4) is 0 Å². The van der Waals surface area contributed by atoms with Gasteiger partial charge >= 0.3 is 5.69 Å². The number of nitro groups is 1. The zero-order valence-electron chi connectivity index (χ0n) is 10.9. The van der Waals surface area contributed by atoms with Crippen molar-refractivity contribution in [3.05, 3.63) is 27.4 Å². The summed E-state index contributed by atoms with van der Waals surface area (Å²) < 4.78 is 31.1. The van der Waals surface area contributed by atoms with Gasteiger partial charge in [-0.3, -0.25) is 10.1 Å². The fourth-order valence-electron chi connectivity index (χ4n) is 1.41. The summed E-state index contributed by atoms with van der Waals surface area (Å²) in [5.74, 6) is 5.10. The lowest BCUT2D eigenvalue weighted by Gasteiger charge is -2.02. The average Bonchev–Trinajstić information content (AvgIpc) is 2.98. The average molecular weight is 333 g/mol. The molecule has 0 saturated heterocycles. The number of aromatic nitrogens is 1. The molecule has 2 aromatic rings. The lowest BCUT2D eigenvalue weighted by Crippen LogP contribution is -2.11. The van der Waals surface area contributed by atoms with E-state index in [-0.39, 0.29) is 15.1 Å². The largest absolute Gasteiger partial charge is 0.337 e. The van der Waals surface area contributed by atoms with Gasteiger partial charge in [-0.25, -0.2) is 19.0 Å². The Hall–Kier alpha value is -2.18. The molecule has 0 aliphatic rings. The summed E-state index contributed by atoms with van der Waals surface area (Å²) in [6, 6.07) is 0.917. The summed E-state index contributed by atoms with van der Waals surface area (Å²) in [5, 5.41) is 14.4. The van der Waals surface area contributed by atoms with Gasteiger partial charge in [0.2, 0.25) is 5.88 Å². The van der Waals surface area contributed by atoms with E-state index in [9.17, 15) is 18.5 Å². The van der Waals surface area contributed by atoms with E-state index in [2.05, 4.69) is 15.3 Å². The monoisotopic (exact) mass is 333 g/mol. The number of nitrogens with one attached hydrogen (secondary N) is 2. The number of hydrazine groups is 1. The topological polar surface area (TPSA) is 153 Å². The zero-order chi connectivity index (χ0) is 15.8. The normalized spacial score (nSPS) is 11.4. The van der Waals surface area contributed by atoms with E-state index in [1.54, 1.807) is 13.8 Å². The number of hydrogen-bond donors (Lipinski definition) is 3. The number of sulfonamides is 1. The minimum Gasteiger partial charge on any atom is -0.337 e. The first-order valence-corrected chi connectivity index (χ1v) is 7.76. The van der Waals surface area contributed by atoms with Gasteiger partial charge in [-0.1, -0.05) is 16.5 Å². The molecule has 2 aromatic heterocycles. The van der Waals surface area contributed by atoms with Crippen LogP contribution in [0, 0.1) is 24.0 Å². The van der Waals surface area contributed by atoms with Crippen molar-refractivity contribution in [2.45, 2.75) is 18.1 Å². The molecule has 0 radical (unpaired) electrons. The molecule has 0 aromatic carbocycles. The highest BCUT2D eigenvalue weighted by atomic mass is 32.2. The van der Waals surface area contributed by atoms with Gasteiger partial charge < -0.3 is 9.95 Å². The van der Waals surface area contributed by atoms with Gasteiger partial charge in [-0.05, 0) is 13.8 Å². The molecule has 0 spiro atoms. The molecule has 0 bridgehead atoms. The first kappa shape index (κ1) is 15.2. The molecule has 0 saturated carbocycles. The highest BCUT2D eigenvalue weighted by Gasteiger charge is 2.27. The molecule has 114 valence electrons. The number of anilines is 2. The van der Waals surface area contributed by atoms with Crippen LogP contribution in [0.25, 0.3) is 0 Å². The maximum absolute atomic E-state index is 12.2. The van der Waals surface area contributed by atoms with Crippen molar-refractivity contribution in [1.82, 2.24) is 5.16 Å². The maximum Gasteiger partial charge on any atom is 0.306 e. The van der Waals surface area contributed by atoms with Crippen LogP contribution in [0.3, 0.4) is 0 Å². The zero-order valence-corrected chi connectivity index (χ0v) is 12.5. The third-order valence-electron chi connectivity index (χ3n) is 2.67. The SMILES string of the molecule is Cc1noc(NS(=O)(=O)c2cc([N+](=O)[O-])c(NN)s2)c1C. The van der Waals surface area contributed by atoms with Gasteiger partial charge in [0.1, 0.15) is 4.21 Å². The summed E-state index contributed by atoms with van der Waals surface area (Å²) >= 11 is 0.636. The molecule has 0 aliphatic heterocycles. The number of hydrogen-bond acceptors (Lipinski definition) is 9. The Morgan fingerprint density at radius 1 is 1.48 bits per heavy atom. The van der Waals surface area contributed by atoms with E-state index in [4.69, 9.17) is 10.4 Å². The Morgan fingerprint density at radius 3 is 2.57 bits per heavy atom. The second kappa shape index (κ2) is 5.31. The number of nitrogen functional groups attached to an aromatic ring is 1. The summed E-state index contributed by atoms with van der Waals surface area (Å²) in [4.78, 5) is 10.1. The van der Waals surface area contributed by atoms with Gasteiger partial charge in [0.05, 0.1) is 10.6 Å². The Kier molecular flexibility index (Phi) is 3.85. The second-order valence-electron chi connectivity index (χ2n) is 4.01. The first-order chi connectivity index (χ1) is 9.76.